The Morgan fingerprint density at radius 1 is 1.05 bits per heavy atom. The predicted molar refractivity (Wildman–Crippen MR) is 167 cm³/mol. The highest BCUT2D eigenvalue weighted by atomic mass is 35.5. The van der Waals surface area contributed by atoms with Crippen LogP contribution in [0.15, 0.2) is 102 Å². The SMILES string of the molecule is CCOc1cc(C=Nc2ccc([C@@H]3Nc4ccccc4[C@H]4C=CC[C@H]43)cc2)cc(Cl)c1OCc1ccc([N+](=O)[O-])cc1. The lowest BCUT2D eigenvalue weighted by atomic mass is 9.77. The molecule has 1 aliphatic heterocycles. The van der Waals surface area contributed by atoms with Crippen LogP contribution in [-0.4, -0.2) is 17.7 Å². The van der Waals surface area contributed by atoms with E-state index < -0.39 is 4.92 Å². The van der Waals surface area contributed by atoms with Gasteiger partial charge in [0, 0.05) is 30.0 Å². The zero-order valence-electron chi connectivity index (χ0n) is 23.1. The summed E-state index contributed by atoms with van der Waals surface area (Å²) in [6, 6.07) is 27.1. The molecule has 0 unspecified atom stereocenters. The van der Waals surface area contributed by atoms with E-state index in [2.05, 4.69) is 58.9 Å². The van der Waals surface area contributed by atoms with Crippen LogP contribution < -0.4 is 14.8 Å². The minimum atomic E-state index is -0.432. The fourth-order valence-corrected chi connectivity index (χ4v) is 6.00. The molecule has 0 saturated carbocycles. The van der Waals surface area contributed by atoms with Gasteiger partial charge in [-0.3, -0.25) is 15.1 Å². The molecule has 0 fully saturated rings. The molecule has 8 heteroatoms. The van der Waals surface area contributed by atoms with E-state index in [0.717, 1.165) is 23.2 Å². The highest BCUT2D eigenvalue weighted by Crippen LogP contribution is 2.49. The Labute approximate surface area is 249 Å². The largest absolute Gasteiger partial charge is 0.490 e. The minimum Gasteiger partial charge on any atom is -0.490 e. The van der Waals surface area contributed by atoms with Gasteiger partial charge >= 0.3 is 0 Å². The van der Waals surface area contributed by atoms with E-state index in [-0.39, 0.29) is 18.3 Å². The van der Waals surface area contributed by atoms with Gasteiger partial charge in [-0.2, -0.15) is 0 Å². The number of aliphatic imine (C=N–C) groups is 1. The van der Waals surface area contributed by atoms with Crippen LogP contribution in [-0.2, 0) is 6.61 Å². The maximum Gasteiger partial charge on any atom is 0.269 e. The molecule has 0 amide bonds. The Bertz CT molecular complexity index is 1650. The van der Waals surface area contributed by atoms with Gasteiger partial charge in [-0.15, -0.1) is 0 Å². The summed E-state index contributed by atoms with van der Waals surface area (Å²) >= 11 is 6.60. The number of nitrogens with zero attached hydrogens (tertiary/aromatic N) is 2. The number of non-ortho nitro benzene ring substituents is 1. The third-order valence-electron chi connectivity index (χ3n) is 7.75. The molecule has 0 spiro atoms. The van der Waals surface area contributed by atoms with Crippen LogP contribution in [0.5, 0.6) is 11.5 Å². The maximum atomic E-state index is 10.9. The van der Waals surface area contributed by atoms with Crippen molar-refractivity contribution in [2.24, 2.45) is 10.9 Å². The average Bonchev–Trinajstić information content (AvgIpc) is 3.50. The van der Waals surface area contributed by atoms with Gasteiger partial charge in [-0.25, -0.2) is 0 Å². The van der Waals surface area contributed by atoms with Crippen LogP contribution in [0.2, 0.25) is 5.02 Å². The molecule has 3 atom stereocenters. The lowest BCUT2D eigenvalue weighted by Gasteiger charge is -2.37. The van der Waals surface area contributed by atoms with Crippen molar-refractivity contribution >= 4 is 34.9 Å². The summed E-state index contributed by atoms with van der Waals surface area (Å²) in [6.45, 7) is 2.51. The number of halogens is 1. The van der Waals surface area contributed by atoms with E-state index in [0.29, 0.717) is 35.0 Å². The molecule has 0 bridgehead atoms. The Balaban J connectivity index is 1.16. The second-order valence-corrected chi connectivity index (χ2v) is 10.8. The normalized spacial score (nSPS) is 18.8. The summed E-state index contributed by atoms with van der Waals surface area (Å²) in [7, 11) is 0. The third-order valence-corrected chi connectivity index (χ3v) is 8.03. The van der Waals surface area contributed by atoms with Gasteiger partial charge in [0.25, 0.3) is 5.69 Å². The number of anilines is 1. The zero-order valence-corrected chi connectivity index (χ0v) is 23.8. The second-order valence-electron chi connectivity index (χ2n) is 10.4. The van der Waals surface area contributed by atoms with Crippen molar-refractivity contribution < 1.29 is 14.4 Å². The van der Waals surface area contributed by atoms with Crippen LogP contribution >= 0.6 is 11.6 Å². The molecule has 6 rings (SSSR count). The topological polar surface area (TPSA) is 86.0 Å². The number of para-hydroxylation sites is 1. The van der Waals surface area contributed by atoms with E-state index in [4.69, 9.17) is 21.1 Å². The summed E-state index contributed by atoms with van der Waals surface area (Å²) < 4.78 is 11.8. The Hall–Kier alpha value is -4.62. The molecule has 0 saturated heterocycles. The first-order valence-electron chi connectivity index (χ1n) is 14.0. The Kier molecular flexibility index (Phi) is 7.93. The number of hydrogen-bond acceptors (Lipinski definition) is 6. The third kappa shape index (κ3) is 5.74. The van der Waals surface area contributed by atoms with Crippen LogP contribution in [0.3, 0.4) is 0 Å². The first kappa shape index (κ1) is 27.5. The standard InChI is InChI=1S/C34H30ClN3O4/c1-2-41-32-19-23(18-30(35)34(32)42-21-22-10-16-26(17-11-22)38(39)40)20-36-25-14-12-24(13-15-25)33-29-8-5-7-27(29)28-6-3-4-9-31(28)37-33/h3-7,9-20,27,29,33,37H,2,8,21H2,1H3/t27-,29-,33+/m1/s1. The highest BCUT2D eigenvalue weighted by molar-refractivity contribution is 6.32. The van der Waals surface area contributed by atoms with Gasteiger partial charge in [0.1, 0.15) is 6.61 Å². The average molecular weight is 580 g/mol. The van der Waals surface area contributed by atoms with E-state index in [9.17, 15) is 10.1 Å². The predicted octanol–water partition coefficient (Wildman–Crippen LogP) is 8.80. The number of nitro benzene ring substituents is 1. The van der Waals surface area contributed by atoms with Gasteiger partial charge in [-0.05, 0) is 84.0 Å². The number of hydrogen-bond donors (Lipinski definition) is 1. The van der Waals surface area contributed by atoms with Crippen LogP contribution in [0, 0.1) is 16.0 Å². The van der Waals surface area contributed by atoms with Crippen LogP contribution in [0.25, 0.3) is 0 Å². The molecular formula is C34H30ClN3O4. The lowest BCUT2D eigenvalue weighted by Crippen LogP contribution is -2.28. The molecule has 0 radical (unpaired) electrons. The molecule has 212 valence electrons. The van der Waals surface area contributed by atoms with Crippen molar-refractivity contribution in [3.05, 3.63) is 134 Å². The molecule has 1 heterocycles. The molecule has 4 aromatic rings. The van der Waals surface area contributed by atoms with Gasteiger partial charge in [0.15, 0.2) is 11.5 Å². The molecule has 1 aliphatic carbocycles. The van der Waals surface area contributed by atoms with Crippen molar-refractivity contribution in [3.63, 3.8) is 0 Å². The number of benzene rings is 4. The van der Waals surface area contributed by atoms with E-state index >= 15 is 0 Å². The first-order valence-corrected chi connectivity index (χ1v) is 14.4. The molecule has 7 nitrogen and oxygen atoms in total. The lowest BCUT2D eigenvalue weighted by molar-refractivity contribution is -0.384. The molecule has 2 aliphatic rings. The van der Waals surface area contributed by atoms with Crippen molar-refractivity contribution in [2.45, 2.75) is 31.9 Å². The number of fused-ring (bicyclic) bond motifs is 3. The molecule has 4 aromatic carbocycles. The summed E-state index contributed by atoms with van der Waals surface area (Å²) in [5, 5.41) is 15.1. The van der Waals surface area contributed by atoms with Crippen molar-refractivity contribution in [1.82, 2.24) is 0 Å². The van der Waals surface area contributed by atoms with Crippen molar-refractivity contribution in [2.75, 3.05) is 11.9 Å². The number of nitro groups is 1. The number of ether oxygens (including phenoxy) is 2. The number of nitrogens with one attached hydrogen (secondary N) is 1. The fraction of sp³-hybridized carbons (Fsp3) is 0.206. The highest BCUT2D eigenvalue weighted by Gasteiger charge is 2.37. The van der Waals surface area contributed by atoms with Gasteiger partial charge in [-0.1, -0.05) is 54.1 Å². The van der Waals surface area contributed by atoms with Crippen molar-refractivity contribution in [1.29, 1.82) is 0 Å². The zero-order chi connectivity index (χ0) is 29.1. The summed E-state index contributed by atoms with van der Waals surface area (Å²) in [5.74, 6) is 1.86. The second kappa shape index (κ2) is 12.1. The summed E-state index contributed by atoms with van der Waals surface area (Å²) in [4.78, 5) is 15.2. The number of rotatable bonds is 9. The van der Waals surface area contributed by atoms with Gasteiger partial charge in [0.2, 0.25) is 0 Å². The number of allylic oxidation sites excluding steroid dienone is 2. The van der Waals surface area contributed by atoms with Crippen molar-refractivity contribution in [3.8, 4) is 11.5 Å². The quantitative estimate of drug-likeness (QED) is 0.0926. The van der Waals surface area contributed by atoms with Crippen LogP contribution in [0.1, 0.15) is 47.6 Å². The van der Waals surface area contributed by atoms with Gasteiger partial charge in [0.05, 0.1) is 28.3 Å². The summed E-state index contributed by atoms with van der Waals surface area (Å²) in [5.41, 5.74) is 6.26. The molecule has 0 aromatic heterocycles. The van der Waals surface area contributed by atoms with E-state index in [1.807, 2.05) is 25.1 Å². The summed E-state index contributed by atoms with van der Waals surface area (Å²) in [6.07, 6.45) is 7.48. The van der Waals surface area contributed by atoms with Gasteiger partial charge < -0.3 is 14.8 Å². The maximum absolute atomic E-state index is 10.9. The smallest absolute Gasteiger partial charge is 0.269 e. The fourth-order valence-electron chi connectivity index (χ4n) is 5.73. The minimum absolute atomic E-state index is 0.0289. The van der Waals surface area contributed by atoms with E-state index in [1.165, 1.54) is 28.9 Å². The Morgan fingerprint density at radius 3 is 2.60 bits per heavy atom. The first-order chi connectivity index (χ1) is 20.5. The molecule has 1 N–H and O–H groups in total. The van der Waals surface area contributed by atoms with Crippen LogP contribution in [0.4, 0.5) is 17.1 Å². The van der Waals surface area contributed by atoms with E-state index in [1.54, 1.807) is 24.4 Å². The molecular weight excluding hydrogens is 550 g/mol. The Morgan fingerprint density at radius 2 is 1.83 bits per heavy atom. The monoisotopic (exact) mass is 579 g/mol. The molecule has 42 heavy (non-hydrogen) atoms.